The lowest BCUT2D eigenvalue weighted by molar-refractivity contribution is 0.0691. The quantitative estimate of drug-likeness (QED) is 0.524. The Morgan fingerprint density at radius 2 is 1.75 bits per heavy atom. The minimum atomic E-state index is -0.398. The molecule has 1 aliphatic rings. The van der Waals surface area contributed by atoms with Crippen LogP contribution in [0.5, 0.6) is 0 Å². The summed E-state index contributed by atoms with van der Waals surface area (Å²) in [5.41, 5.74) is 4.80. The summed E-state index contributed by atoms with van der Waals surface area (Å²) in [5.74, 6) is -0.553. The summed E-state index contributed by atoms with van der Waals surface area (Å²) in [4.78, 5) is 18.7. The van der Waals surface area contributed by atoms with E-state index in [9.17, 15) is 9.18 Å². The fourth-order valence-electron chi connectivity index (χ4n) is 4.23. The highest BCUT2D eigenvalue weighted by Gasteiger charge is 2.34. The van der Waals surface area contributed by atoms with Crippen molar-refractivity contribution < 1.29 is 9.18 Å². The highest BCUT2D eigenvalue weighted by Crippen LogP contribution is 2.39. The number of amides is 1. The van der Waals surface area contributed by atoms with E-state index >= 15 is 0 Å². The first-order chi connectivity index (χ1) is 13.7. The number of carbonyl (C=O) groups is 1. The fourth-order valence-corrected chi connectivity index (χ4v) is 4.23. The normalized spacial score (nSPS) is 16.2. The van der Waals surface area contributed by atoms with Gasteiger partial charge in [0.2, 0.25) is 0 Å². The minimum Gasteiger partial charge on any atom is -0.356 e. The first-order valence-electron chi connectivity index (χ1n) is 9.43. The van der Waals surface area contributed by atoms with Crippen LogP contribution in [0.4, 0.5) is 4.39 Å². The van der Waals surface area contributed by atoms with E-state index in [0.717, 1.165) is 23.2 Å². The van der Waals surface area contributed by atoms with Crippen LogP contribution in [0.1, 0.15) is 33.2 Å². The zero-order chi connectivity index (χ0) is 19.1. The molecule has 2 heterocycles. The maximum Gasteiger partial charge on any atom is 0.254 e. The zero-order valence-corrected chi connectivity index (χ0v) is 15.2. The summed E-state index contributed by atoms with van der Waals surface area (Å²) < 4.78 is 13.7. The van der Waals surface area contributed by atoms with Crippen LogP contribution in [0.25, 0.3) is 10.9 Å². The lowest BCUT2D eigenvalue weighted by Gasteiger charge is -2.36. The first kappa shape index (κ1) is 16.8. The van der Waals surface area contributed by atoms with Crippen LogP contribution in [-0.4, -0.2) is 22.3 Å². The van der Waals surface area contributed by atoms with E-state index < -0.39 is 5.82 Å². The number of H-pyrrole nitrogens is 1. The number of benzene rings is 3. The van der Waals surface area contributed by atoms with Gasteiger partial charge in [-0.15, -0.1) is 0 Å². The standard InChI is InChI=1S/C24H19FN2O/c25-18-10-6-9-17(15-18)24(28)27-14-13-20-19-11-4-5-12-21(19)26-22(20)23(27)16-7-2-1-3-8-16/h1-12,15,23,26H,13-14H2/t23-/m1/s1. The molecule has 3 nitrogen and oxygen atoms in total. The lowest BCUT2D eigenvalue weighted by Crippen LogP contribution is -2.40. The van der Waals surface area contributed by atoms with E-state index in [1.54, 1.807) is 12.1 Å². The molecular formula is C24H19FN2O. The molecule has 0 spiro atoms. The highest BCUT2D eigenvalue weighted by atomic mass is 19.1. The van der Waals surface area contributed by atoms with Crippen LogP contribution in [0.3, 0.4) is 0 Å². The van der Waals surface area contributed by atoms with Crippen molar-refractivity contribution in [1.82, 2.24) is 9.88 Å². The van der Waals surface area contributed by atoms with Crippen molar-refractivity contribution in [2.45, 2.75) is 12.5 Å². The highest BCUT2D eigenvalue weighted by molar-refractivity contribution is 5.95. The molecule has 4 heteroatoms. The fraction of sp³-hybridized carbons (Fsp3) is 0.125. The first-order valence-corrected chi connectivity index (χ1v) is 9.43. The van der Waals surface area contributed by atoms with E-state index in [-0.39, 0.29) is 11.9 Å². The molecule has 0 bridgehead atoms. The average molecular weight is 370 g/mol. The number of para-hydroxylation sites is 1. The third kappa shape index (κ3) is 2.69. The monoisotopic (exact) mass is 370 g/mol. The van der Waals surface area contributed by atoms with Crippen molar-refractivity contribution in [3.8, 4) is 0 Å². The molecule has 0 saturated heterocycles. The van der Waals surface area contributed by atoms with Gasteiger partial charge in [0.15, 0.2) is 0 Å². The zero-order valence-electron chi connectivity index (χ0n) is 15.2. The van der Waals surface area contributed by atoms with Gasteiger partial charge in [-0.05, 0) is 41.8 Å². The smallest absolute Gasteiger partial charge is 0.254 e. The van der Waals surface area contributed by atoms with Gasteiger partial charge in [0.1, 0.15) is 5.82 Å². The number of nitrogens with one attached hydrogen (secondary N) is 1. The Labute approximate surface area is 162 Å². The molecule has 0 radical (unpaired) electrons. The van der Waals surface area contributed by atoms with Crippen LogP contribution >= 0.6 is 0 Å². The molecular weight excluding hydrogens is 351 g/mol. The maximum atomic E-state index is 13.7. The van der Waals surface area contributed by atoms with Gasteiger partial charge >= 0.3 is 0 Å². The Balaban J connectivity index is 1.66. The van der Waals surface area contributed by atoms with Gasteiger partial charge in [0, 0.05) is 28.7 Å². The largest absolute Gasteiger partial charge is 0.356 e. The summed E-state index contributed by atoms with van der Waals surface area (Å²) in [7, 11) is 0. The van der Waals surface area contributed by atoms with E-state index in [1.165, 1.54) is 23.1 Å². The van der Waals surface area contributed by atoms with Crippen LogP contribution in [0.2, 0.25) is 0 Å². The van der Waals surface area contributed by atoms with E-state index in [1.807, 2.05) is 47.4 Å². The minimum absolute atomic E-state index is 0.155. The maximum absolute atomic E-state index is 13.7. The lowest BCUT2D eigenvalue weighted by atomic mass is 9.91. The van der Waals surface area contributed by atoms with Crippen molar-refractivity contribution in [2.75, 3.05) is 6.54 Å². The predicted octanol–water partition coefficient (Wildman–Crippen LogP) is 5.09. The van der Waals surface area contributed by atoms with Crippen molar-refractivity contribution in [1.29, 1.82) is 0 Å². The second-order valence-corrected chi connectivity index (χ2v) is 7.13. The van der Waals surface area contributed by atoms with Gasteiger partial charge in [-0.25, -0.2) is 4.39 Å². The van der Waals surface area contributed by atoms with Gasteiger partial charge in [-0.2, -0.15) is 0 Å². The van der Waals surface area contributed by atoms with Gasteiger partial charge in [-0.1, -0.05) is 54.6 Å². The molecule has 0 unspecified atom stereocenters. The summed E-state index contributed by atoms with van der Waals surface area (Å²) in [5, 5.41) is 1.20. The summed E-state index contributed by atoms with van der Waals surface area (Å²) in [6.07, 6.45) is 0.768. The number of aromatic amines is 1. The van der Waals surface area contributed by atoms with Crippen molar-refractivity contribution >= 4 is 16.8 Å². The molecule has 1 N–H and O–H groups in total. The van der Waals surface area contributed by atoms with Crippen LogP contribution in [0, 0.1) is 5.82 Å². The number of fused-ring (bicyclic) bond motifs is 3. The van der Waals surface area contributed by atoms with E-state index in [4.69, 9.17) is 0 Å². The molecule has 5 rings (SSSR count). The number of carbonyl (C=O) groups excluding carboxylic acids is 1. The van der Waals surface area contributed by atoms with Crippen LogP contribution in [0.15, 0.2) is 78.9 Å². The summed E-state index contributed by atoms with van der Waals surface area (Å²) >= 11 is 0. The molecule has 1 aromatic heterocycles. The number of aromatic nitrogens is 1. The third-order valence-corrected chi connectivity index (χ3v) is 5.48. The second-order valence-electron chi connectivity index (χ2n) is 7.13. The number of rotatable bonds is 2. The molecule has 0 saturated carbocycles. The van der Waals surface area contributed by atoms with Crippen LogP contribution < -0.4 is 0 Å². The molecule has 1 amide bonds. The number of hydrogen-bond donors (Lipinski definition) is 1. The predicted molar refractivity (Wildman–Crippen MR) is 108 cm³/mol. The Kier molecular flexibility index (Phi) is 3.97. The second kappa shape index (κ2) is 6.64. The topological polar surface area (TPSA) is 36.1 Å². The number of halogens is 1. The number of hydrogen-bond acceptors (Lipinski definition) is 1. The number of nitrogens with zero attached hydrogens (tertiary/aromatic N) is 1. The molecule has 28 heavy (non-hydrogen) atoms. The van der Waals surface area contributed by atoms with Crippen molar-refractivity contribution in [3.63, 3.8) is 0 Å². The van der Waals surface area contributed by atoms with E-state index in [0.29, 0.717) is 12.1 Å². The molecule has 3 aromatic carbocycles. The Bertz CT molecular complexity index is 1170. The SMILES string of the molecule is O=C(c1cccc(F)c1)N1CCc2c([nH]c3ccccc23)[C@H]1c1ccccc1. The van der Waals surface area contributed by atoms with E-state index in [2.05, 4.69) is 17.1 Å². The molecule has 1 aliphatic heterocycles. The third-order valence-electron chi connectivity index (χ3n) is 5.48. The Morgan fingerprint density at radius 3 is 2.57 bits per heavy atom. The summed E-state index contributed by atoms with van der Waals surface area (Å²) in [6.45, 7) is 0.587. The Hall–Kier alpha value is -3.40. The van der Waals surface area contributed by atoms with Crippen molar-refractivity contribution in [2.24, 2.45) is 0 Å². The molecule has 1 atom stereocenters. The molecule has 0 fully saturated rings. The van der Waals surface area contributed by atoms with Crippen molar-refractivity contribution in [3.05, 3.63) is 107 Å². The molecule has 4 aromatic rings. The Morgan fingerprint density at radius 1 is 0.964 bits per heavy atom. The molecule has 138 valence electrons. The van der Waals surface area contributed by atoms with Gasteiger partial charge in [-0.3, -0.25) is 4.79 Å². The average Bonchev–Trinajstić information content (AvgIpc) is 3.12. The summed E-state index contributed by atoms with van der Waals surface area (Å²) in [6, 6.07) is 23.9. The van der Waals surface area contributed by atoms with Gasteiger partial charge in [0.25, 0.3) is 5.91 Å². The van der Waals surface area contributed by atoms with Gasteiger partial charge in [0.05, 0.1) is 6.04 Å². The van der Waals surface area contributed by atoms with Gasteiger partial charge < -0.3 is 9.88 Å². The van der Waals surface area contributed by atoms with Crippen LogP contribution in [-0.2, 0) is 6.42 Å². The molecule has 0 aliphatic carbocycles.